The van der Waals surface area contributed by atoms with Crippen LogP contribution < -0.4 is 4.90 Å². The van der Waals surface area contributed by atoms with Gasteiger partial charge in [-0.25, -0.2) is 8.42 Å². The fourth-order valence-electron chi connectivity index (χ4n) is 3.19. The zero-order valence-corrected chi connectivity index (χ0v) is 13.3. The van der Waals surface area contributed by atoms with Crippen molar-refractivity contribution in [2.45, 2.75) is 37.4 Å². The quantitative estimate of drug-likeness (QED) is 0.796. The molecule has 0 spiro atoms. The number of amides is 1. The summed E-state index contributed by atoms with van der Waals surface area (Å²) in [7, 11) is -3.28. The zero-order valence-electron chi connectivity index (χ0n) is 11.7. The average molecular weight is 328 g/mol. The van der Waals surface area contributed by atoms with E-state index in [1.54, 1.807) is 11.0 Å². The standard InChI is InChI=1S/C15H18ClNO3S/c16-12-6-7-13-11(10-12)4-1-2-8-17(13)15(18)14-5-3-9-21(14,19)20/h6-7,10,14H,1-5,8-9H2. The van der Waals surface area contributed by atoms with Crippen molar-refractivity contribution in [3.63, 3.8) is 0 Å². The number of carbonyl (C=O) groups excluding carboxylic acids is 1. The molecule has 1 saturated heterocycles. The highest BCUT2D eigenvalue weighted by atomic mass is 35.5. The smallest absolute Gasteiger partial charge is 0.245 e. The Labute approximate surface area is 130 Å². The van der Waals surface area contributed by atoms with Gasteiger partial charge in [-0.3, -0.25) is 4.79 Å². The van der Waals surface area contributed by atoms with E-state index in [4.69, 9.17) is 11.6 Å². The lowest BCUT2D eigenvalue weighted by molar-refractivity contribution is -0.118. The molecule has 0 aromatic heterocycles. The lowest BCUT2D eigenvalue weighted by Gasteiger charge is -2.25. The fourth-order valence-corrected chi connectivity index (χ4v) is 5.20. The topological polar surface area (TPSA) is 54.5 Å². The van der Waals surface area contributed by atoms with Crippen molar-refractivity contribution in [2.75, 3.05) is 17.2 Å². The number of halogens is 1. The van der Waals surface area contributed by atoms with Crippen molar-refractivity contribution in [1.29, 1.82) is 0 Å². The van der Waals surface area contributed by atoms with Gasteiger partial charge in [0.25, 0.3) is 0 Å². The van der Waals surface area contributed by atoms with E-state index in [0.717, 1.165) is 30.5 Å². The number of carbonyl (C=O) groups is 1. The number of benzene rings is 1. The summed E-state index contributed by atoms with van der Waals surface area (Å²) in [6.45, 7) is 0.583. The zero-order chi connectivity index (χ0) is 15.0. The van der Waals surface area contributed by atoms with Gasteiger partial charge >= 0.3 is 0 Å². The molecule has 21 heavy (non-hydrogen) atoms. The van der Waals surface area contributed by atoms with Crippen molar-refractivity contribution >= 4 is 33.0 Å². The Morgan fingerprint density at radius 1 is 1.24 bits per heavy atom. The lowest BCUT2D eigenvalue weighted by atomic mass is 10.1. The Morgan fingerprint density at radius 2 is 2.05 bits per heavy atom. The van der Waals surface area contributed by atoms with Gasteiger partial charge in [-0.05, 0) is 55.9 Å². The third kappa shape index (κ3) is 2.81. The van der Waals surface area contributed by atoms with Crippen LogP contribution in [0, 0.1) is 0 Å². The number of sulfone groups is 1. The van der Waals surface area contributed by atoms with Crippen molar-refractivity contribution < 1.29 is 13.2 Å². The number of rotatable bonds is 1. The number of aryl methyl sites for hydroxylation is 1. The number of anilines is 1. The Bertz CT molecular complexity index is 671. The molecule has 114 valence electrons. The first kappa shape index (κ1) is 14.9. The van der Waals surface area contributed by atoms with Gasteiger partial charge in [0.15, 0.2) is 9.84 Å². The number of hydrogen-bond acceptors (Lipinski definition) is 3. The molecule has 0 N–H and O–H groups in total. The molecule has 2 aliphatic rings. The van der Waals surface area contributed by atoms with Crippen molar-refractivity contribution in [3.05, 3.63) is 28.8 Å². The minimum Gasteiger partial charge on any atom is -0.311 e. The van der Waals surface area contributed by atoms with Gasteiger partial charge in [0.1, 0.15) is 5.25 Å². The van der Waals surface area contributed by atoms with Crippen LogP contribution in [0.1, 0.15) is 31.2 Å². The molecule has 0 aliphatic carbocycles. The Balaban J connectivity index is 1.97. The van der Waals surface area contributed by atoms with E-state index in [1.165, 1.54) is 0 Å². The summed E-state index contributed by atoms with van der Waals surface area (Å²) in [6, 6.07) is 5.48. The van der Waals surface area contributed by atoms with Gasteiger partial charge in [-0.1, -0.05) is 11.6 Å². The third-order valence-corrected chi connectivity index (χ3v) is 6.68. The van der Waals surface area contributed by atoms with Crippen molar-refractivity contribution in [1.82, 2.24) is 0 Å². The first-order valence-electron chi connectivity index (χ1n) is 7.30. The molecule has 1 amide bonds. The maximum atomic E-state index is 12.7. The molecule has 4 nitrogen and oxygen atoms in total. The first-order chi connectivity index (χ1) is 9.99. The molecule has 1 aromatic rings. The van der Waals surface area contributed by atoms with Crippen molar-refractivity contribution in [3.8, 4) is 0 Å². The Morgan fingerprint density at radius 3 is 2.76 bits per heavy atom. The van der Waals surface area contributed by atoms with Crippen LogP contribution in [0.5, 0.6) is 0 Å². The second kappa shape index (κ2) is 5.61. The average Bonchev–Trinajstić information content (AvgIpc) is 2.67. The number of fused-ring (bicyclic) bond motifs is 1. The van der Waals surface area contributed by atoms with Crippen LogP contribution >= 0.6 is 11.6 Å². The predicted molar refractivity (Wildman–Crippen MR) is 83.6 cm³/mol. The van der Waals surface area contributed by atoms with E-state index < -0.39 is 15.1 Å². The summed E-state index contributed by atoms with van der Waals surface area (Å²) < 4.78 is 24.1. The predicted octanol–water partition coefficient (Wildman–Crippen LogP) is 2.59. The SMILES string of the molecule is O=C(C1CCCS1(=O)=O)N1CCCCc2cc(Cl)ccc21. The van der Waals surface area contributed by atoms with Crippen LogP contribution in [-0.4, -0.2) is 31.9 Å². The third-order valence-electron chi connectivity index (χ3n) is 4.28. The van der Waals surface area contributed by atoms with E-state index in [9.17, 15) is 13.2 Å². The van der Waals surface area contributed by atoms with Crippen molar-refractivity contribution in [2.24, 2.45) is 0 Å². The molecule has 1 fully saturated rings. The van der Waals surface area contributed by atoms with Gasteiger partial charge in [0.2, 0.25) is 5.91 Å². The molecule has 2 aliphatic heterocycles. The number of nitrogens with zero attached hydrogens (tertiary/aromatic N) is 1. The highest BCUT2D eigenvalue weighted by molar-refractivity contribution is 7.93. The molecule has 0 bridgehead atoms. The summed E-state index contributed by atoms with van der Waals surface area (Å²) in [6.07, 6.45) is 3.76. The molecular weight excluding hydrogens is 310 g/mol. The van der Waals surface area contributed by atoms with Crippen LogP contribution in [0.4, 0.5) is 5.69 Å². The number of hydrogen-bond donors (Lipinski definition) is 0. The second-order valence-corrected chi connectivity index (χ2v) is 8.46. The molecule has 0 saturated carbocycles. The van der Waals surface area contributed by atoms with Crippen LogP contribution in [0.25, 0.3) is 0 Å². The molecule has 1 atom stereocenters. The molecule has 0 radical (unpaired) electrons. The first-order valence-corrected chi connectivity index (χ1v) is 9.40. The van der Waals surface area contributed by atoms with E-state index >= 15 is 0 Å². The minimum atomic E-state index is -3.28. The molecule has 3 rings (SSSR count). The normalized spacial score (nSPS) is 24.4. The van der Waals surface area contributed by atoms with E-state index in [2.05, 4.69) is 0 Å². The minimum absolute atomic E-state index is 0.130. The van der Waals surface area contributed by atoms with Gasteiger partial charge in [-0.2, -0.15) is 0 Å². The Kier molecular flexibility index (Phi) is 3.97. The summed E-state index contributed by atoms with van der Waals surface area (Å²) in [4.78, 5) is 14.4. The van der Waals surface area contributed by atoms with E-state index in [1.807, 2.05) is 12.1 Å². The maximum absolute atomic E-state index is 12.7. The lowest BCUT2D eigenvalue weighted by Crippen LogP contribution is -2.42. The summed E-state index contributed by atoms with van der Waals surface area (Å²) in [5, 5.41) is -0.212. The van der Waals surface area contributed by atoms with Gasteiger partial charge in [-0.15, -0.1) is 0 Å². The van der Waals surface area contributed by atoms with Gasteiger partial charge in [0, 0.05) is 17.3 Å². The highest BCUT2D eigenvalue weighted by Crippen LogP contribution is 2.31. The largest absolute Gasteiger partial charge is 0.311 e. The van der Waals surface area contributed by atoms with Gasteiger partial charge < -0.3 is 4.90 Å². The summed E-state index contributed by atoms with van der Waals surface area (Å²) in [5.41, 5.74) is 1.85. The summed E-state index contributed by atoms with van der Waals surface area (Å²) in [5.74, 6) is -0.136. The Hall–Kier alpha value is -1.07. The van der Waals surface area contributed by atoms with Crippen LogP contribution in [-0.2, 0) is 21.1 Å². The molecule has 6 heteroatoms. The molecule has 2 heterocycles. The summed E-state index contributed by atoms with van der Waals surface area (Å²) >= 11 is 6.03. The monoisotopic (exact) mass is 327 g/mol. The molecular formula is C15H18ClNO3S. The van der Waals surface area contributed by atoms with Crippen LogP contribution in [0.15, 0.2) is 18.2 Å². The fraction of sp³-hybridized carbons (Fsp3) is 0.533. The molecule has 1 aromatic carbocycles. The maximum Gasteiger partial charge on any atom is 0.245 e. The van der Waals surface area contributed by atoms with E-state index in [0.29, 0.717) is 24.4 Å². The van der Waals surface area contributed by atoms with E-state index in [-0.39, 0.29) is 11.7 Å². The second-order valence-electron chi connectivity index (χ2n) is 5.72. The highest BCUT2D eigenvalue weighted by Gasteiger charge is 2.40. The van der Waals surface area contributed by atoms with Gasteiger partial charge in [0.05, 0.1) is 5.75 Å². The van der Waals surface area contributed by atoms with Crippen LogP contribution in [0.2, 0.25) is 5.02 Å². The molecule has 1 unspecified atom stereocenters. The van der Waals surface area contributed by atoms with Crippen LogP contribution in [0.3, 0.4) is 0 Å².